The maximum Gasteiger partial charge on any atom is 0.311 e. The topological polar surface area (TPSA) is 119 Å². The molecule has 0 saturated carbocycles. The zero-order valence-corrected chi connectivity index (χ0v) is 19.7. The molecular weight excluding hydrogens is 434 g/mol. The fourth-order valence-electron chi connectivity index (χ4n) is 3.12. The number of nitro groups is 1. The van der Waals surface area contributed by atoms with Crippen LogP contribution < -0.4 is 10.1 Å². The molecule has 0 heterocycles. The Balaban J connectivity index is 2.22. The van der Waals surface area contributed by atoms with Gasteiger partial charge in [0.25, 0.3) is 5.91 Å². The van der Waals surface area contributed by atoms with Crippen LogP contribution in [-0.2, 0) is 10.0 Å². The van der Waals surface area contributed by atoms with E-state index in [-0.39, 0.29) is 33.7 Å². The number of methoxy groups -OCH3 is 1. The molecule has 2 aromatic rings. The first kappa shape index (κ1) is 25.3. The molecule has 0 spiro atoms. The highest BCUT2D eigenvalue weighted by atomic mass is 32.2. The van der Waals surface area contributed by atoms with Gasteiger partial charge in [-0.3, -0.25) is 14.9 Å². The Morgan fingerprint density at radius 2 is 1.62 bits per heavy atom. The maximum atomic E-state index is 13.1. The molecule has 2 rings (SSSR count). The van der Waals surface area contributed by atoms with Gasteiger partial charge in [-0.25, -0.2) is 8.42 Å². The highest BCUT2D eigenvalue weighted by molar-refractivity contribution is 7.89. The van der Waals surface area contributed by atoms with Gasteiger partial charge in [0, 0.05) is 30.4 Å². The smallest absolute Gasteiger partial charge is 0.311 e. The van der Waals surface area contributed by atoms with Crippen LogP contribution in [-0.4, -0.2) is 43.8 Å². The minimum absolute atomic E-state index is 0.0495. The van der Waals surface area contributed by atoms with Crippen molar-refractivity contribution in [1.29, 1.82) is 0 Å². The number of carbonyl (C=O) groups is 1. The number of sulfonamides is 1. The zero-order chi connectivity index (χ0) is 24.1. The van der Waals surface area contributed by atoms with E-state index in [1.165, 1.54) is 47.8 Å². The number of nitrogens with one attached hydrogen (secondary N) is 1. The molecule has 174 valence electrons. The lowest BCUT2D eigenvalue weighted by atomic mass is 10.1. The zero-order valence-electron chi connectivity index (χ0n) is 18.9. The average molecular weight is 464 g/mol. The quantitative estimate of drug-likeness (QED) is 0.417. The summed E-state index contributed by atoms with van der Waals surface area (Å²) in [6, 6.07) is 9.75. The Kier molecular flexibility index (Phi) is 8.34. The number of benzene rings is 2. The van der Waals surface area contributed by atoms with Crippen LogP contribution in [0.5, 0.6) is 5.75 Å². The highest BCUT2D eigenvalue weighted by Gasteiger charge is 2.26. The Morgan fingerprint density at radius 3 is 2.09 bits per heavy atom. The van der Waals surface area contributed by atoms with Crippen LogP contribution in [0.25, 0.3) is 0 Å². The molecule has 0 radical (unpaired) electrons. The SMILES string of the molecule is COc1ccc(C(=O)Nc2ccc(S(=O)(=O)N(CC(C)C)CC(C)C)cc2)cc1[N+](=O)[O-]. The first-order chi connectivity index (χ1) is 14.9. The molecule has 1 N–H and O–H groups in total. The molecule has 0 aromatic heterocycles. The van der Waals surface area contributed by atoms with Crippen LogP contribution in [0, 0.1) is 22.0 Å². The molecule has 0 unspecified atom stereocenters. The molecule has 0 aliphatic rings. The van der Waals surface area contributed by atoms with Gasteiger partial charge in [-0.15, -0.1) is 0 Å². The van der Waals surface area contributed by atoms with Gasteiger partial charge in [-0.05, 0) is 48.2 Å². The molecule has 1 amide bonds. The van der Waals surface area contributed by atoms with Crippen molar-refractivity contribution in [2.75, 3.05) is 25.5 Å². The summed E-state index contributed by atoms with van der Waals surface area (Å²) in [5.41, 5.74) is 0.123. The average Bonchev–Trinajstić information content (AvgIpc) is 2.72. The van der Waals surface area contributed by atoms with Crippen molar-refractivity contribution >= 4 is 27.3 Å². The molecule has 0 aliphatic heterocycles. The summed E-state index contributed by atoms with van der Waals surface area (Å²) in [5, 5.41) is 13.8. The number of ether oxygens (including phenoxy) is 1. The van der Waals surface area contributed by atoms with E-state index in [0.29, 0.717) is 18.8 Å². The van der Waals surface area contributed by atoms with Gasteiger partial charge in [0.15, 0.2) is 5.75 Å². The van der Waals surface area contributed by atoms with Crippen molar-refractivity contribution < 1.29 is 22.9 Å². The van der Waals surface area contributed by atoms with E-state index < -0.39 is 20.9 Å². The lowest BCUT2D eigenvalue weighted by Gasteiger charge is -2.25. The summed E-state index contributed by atoms with van der Waals surface area (Å²) in [7, 11) is -2.37. The fraction of sp³-hybridized carbons (Fsp3) is 0.409. The van der Waals surface area contributed by atoms with E-state index in [4.69, 9.17) is 4.74 Å². The van der Waals surface area contributed by atoms with Crippen molar-refractivity contribution in [3.8, 4) is 5.75 Å². The van der Waals surface area contributed by atoms with Crippen molar-refractivity contribution in [3.63, 3.8) is 0 Å². The van der Waals surface area contributed by atoms with Crippen LogP contribution in [0.4, 0.5) is 11.4 Å². The molecule has 0 atom stereocenters. The molecule has 2 aromatic carbocycles. The van der Waals surface area contributed by atoms with Crippen LogP contribution >= 0.6 is 0 Å². The second kappa shape index (κ2) is 10.6. The van der Waals surface area contributed by atoms with Crippen molar-refractivity contribution in [1.82, 2.24) is 4.31 Å². The van der Waals surface area contributed by atoms with E-state index in [9.17, 15) is 23.3 Å². The third-order valence-electron chi connectivity index (χ3n) is 4.53. The Hall–Kier alpha value is -2.98. The van der Waals surface area contributed by atoms with E-state index in [1.54, 1.807) is 0 Å². The Bertz CT molecular complexity index is 1060. The number of rotatable bonds is 10. The lowest BCUT2D eigenvalue weighted by molar-refractivity contribution is -0.385. The lowest BCUT2D eigenvalue weighted by Crippen LogP contribution is -2.37. The van der Waals surface area contributed by atoms with E-state index in [1.807, 2.05) is 27.7 Å². The summed E-state index contributed by atoms with van der Waals surface area (Å²) in [6.07, 6.45) is 0. The number of amides is 1. The number of carbonyl (C=O) groups excluding carboxylic acids is 1. The number of nitrogens with zero attached hydrogens (tertiary/aromatic N) is 2. The van der Waals surface area contributed by atoms with Crippen molar-refractivity contribution in [2.24, 2.45) is 11.8 Å². The molecule has 0 saturated heterocycles. The first-order valence-corrected chi connectivity index (χ1v) is 11.6. The van der Waals surface area contributed by atoms with E-state index in [0.717, 1.165) is 6.07 Å². The van der Waals surface area contributed by atoms with Gasteiger partial charge in [0.05, 0.1) is 16.9 Å². The standard InChI is InChI=1S/C22H29N3O6S/c1-15(2)13-24(14-16(3)4)32(29,30)19-9-7-18(8-10-19)23-22(26)17-6-11-21(31-5)20(12-17)25(27)28/h6-12,15-16H,13-14H2,1-5H3,(H,23,26). The second-order valence-electron chi connectivity index (χ2n) is 8.23. The van der Waals surface area contributed by atoms with Crippen molar-refractivity contribution in [2.45, 2.75) is 32.6 Å². The van der Waals surface area contributed by atoms with Gasteiger partial charge in [0.1, 0.15) is 0 Å². The Labute approximate surface area is 188 Å². The predicted molar refractivity (Wildman–Crippen MR) is 122 cm³/mol. The van der Waals surface area contributed by atoms with Crippen LogP contribution in [0.2, 0.25) is 0 Å². The van der Waals surface area contributed by atoms with Gasteiger partial charge < -0.3 is 10.1 Å². The third-order valence-corrected chi connectivity index (χ3v) is 6.37. The third kappa shape index (κ3) is 6.27. The van der Waals surface area contributed by atoms with Crippen molar-refractivity contribution in [3.05, 3.63) is 58.1 Å². The highest BCUT2D eigenvalue weighted by Crippen LogP contribution is 2.28. The van der Waals surface area contributed by atoms with Crippen LogP contribution in [0.15, 0.2) is 47.4 Å². The first-order valence-electron chi connectivity index (χ1n) is 10.2. The number of hydrogen-bond acceptors (Lipinski definition) is 6. The van der Waals surface area contributed by atoms with Gasteiger partial charge in [0.2, 0.25) is 10.0 Å². The Morgan fingerprint density at radius 1 is 1.06 bits per heavy atom. The van der Waals surface area contributed by atoms with Gasteiger partial charge in [-0.1, -0.05) is 27.7 Å². The molecular formula is C22H29N3O6S. The summed E-state index contributed by atoms with van der Waals surface area (Å²) < 4.78 is 32.6. The molecule has 10 heteroatoms. The van der Waals surface area contributed by atoms with Crippen LogP contribution in [0.1, 0.15) is 38.1 Å². The normalized spacial score (nSPS) is 11.8. The minimum atomic E-state index is -3.68. The monoisotopic (exact) mass is 463 g/mol. The molecule has 0 bridgehead atoms. The summed E-state index contributed by atoms with van der Waals surface area (Å²) in [4.78, 5) is 23.2. The van der Waals surface area contributed by atoms with Gasteiger partial charge in [-0.2, -0.15) is 4.31 Å². The number of anilines is 1. The molecule has 32 heavy (non-hydrogen) atoms. The fourth-order valence-corrected chi connectivity index (χ4v) is 4.89. The number of nitro benzene ring substituents is 1. The minimum Gasteiger partial charge on any atom is -0.490 e. The van der Waals surface area contributed by atoms with E-state index in [2.05, 4.69) is 5.32 Å². The maximum absolute atomic E-state index is 13.1. The summed E-state index contributed by atoms with van der Waals surface area (Å²) in [5.74, 6) is -0.160. The van der Waals surface area contributed by atoms with Gasteiger partial charge >= 0.3 is 5.69 Å². The second-order valence-corrected chi connectivity index (χ2v) is 10.2. The molecule has 9 nitrogen and oxygen atoms in total. The van der Waals surface area contributed by atoms with Crippen LogP contribution in [0.3, 0.4) is 0 Å². The summed E-state index contributed by atoms with van der Waals surface area (Å²) >= 11 is 0. The largest absolute Gasteiger partial charge is 0.490 e. The molecule has 0 fully saturated rings. The number of hydrogen-bond donors (Lipinski definition) is 1. The summed E-state index contributed by atoms with van der Waals surface area (Å²) in [6.45, 7) is 8.68. The predicted octanol–water partition coefficient (Wildman–Crippen LogP) is 4.16. The molecule has 0 aliphatic carbocycles. The van der Waals surface area contributed by atoms with E-state index >= 15 is 0 Å².